The van der Waals surface area contributed by atoms with Crippen molar-refractivity contribution in [1.29, 1.82) is 0 Å². The van der Waals surface area contributed by atoms with Crippen molar-refractivity contribution >= 4 is 11.9 Å². The molecule has 0 aromatic carbocycles. The van der Waals surface area contributed by atoms with E-state index >= 15 is 0 Å². The van der Waals surface area contributed by atoms with Gasteiger partial charge in [0.15, 0.2) is 0 Å². The van der Waals surface area contributed by atoms with E-state index in [0.717, 1.165) is 5.57 Å². The molecule has 8 nitrogen and oxygen atoms in total. The summed E-state index contributed by atoms with van der Waals surface area (Å²) >= 11 is 0. The number of fused-ring (bicyclic) bond motifs is 2. The van der Waals surface area contributed by atoms with E-state index in [1.54, 1.807) is 19.1 Å². The summed E-state index contributed by atoms with van der Waals surface area (Å²) in [6, 6.07) is 0. The number of esters is 2. The molecular weight excluding hydrogens is 404 g/mol. The maximum atomic E-state index is 12.7. The molecule has 31 heavy (non-hydrogen) atoms. The summed E-state index contributed by atoms with van der Waals surface area (Å²) in [7, 11) is 4.04. The number of carbonyl (C=O) groups is 2. The summed E-state index contributed by atoms with van der Waals surface area (Å²) in [5.41, 5.74) is -1.22. The Hall–Kier alpha value is -2.00. The fourth-order valence-electron chi connectivity index (χ4n) is 6.47. The fourth-order valence-corrected chi connectivity index (χ4v) is 6.47. The Morgan fingerprint density at radius 1 is 1.19 bits per heavy atom. The molecule has 8 atom stereocenters. The molecule has 2 aliphatic heterocycles. The minimum absolute atomic E-state index is 0.0492. The van der Waals surface area contributed by atoms with Crippen molar-refractivity contribution in [3.8, 4) is 0 Å². The van der Waals surface area contributed by atoms with Crippen LogP contribution in [0.5, 0.6) is 0 Å². The number of carbonyl (C=O) groups excluding carboxylic acids is 2. The van der Waals surface area contributed by atoms with E-state index in [2.05, 4.69) is 6.58 Å². The molecule has 0 aromatic rings. The van der Waals surface area contributed by atoms with Crippen LogP contribution in [0.3, 0.4) is 0 Å². The average Bonchev–Trinajstić information content (AvgIpc) is 3.14. The van der Waals surface area contributed by atoms with Crippen molar-refractivity contribution in [2.45, 2.75) is 49.8 Å². The van der Waals surface area contributed by atoms with Gasteiger partial charge in [-0.05, 0) is 25.8 Å². The molecule has 1 spiro atoms. The smallest absolute Gasteiger partial charge is 0.339 e. The molecule has 8 heteroatoms. The lowest BCUT2D eigenvalue weighted by Crippen LogP contribution is -2.63. The van der Waals surface area contributed by atoms with Gasteiger partial charge in [0.05, 0.1) is 31.5 Å². The van der Waals surface area contributed by atoms with Crippen molar-refractivity contribution < 1.29 is 38.7 Å². The van der Waals surface area contributed by atoms with Gasteiger partial charge in [-0.2, -0.15) is 0 Å². The second kappa shape index (κ2) is 7.00. The zero-order chi connectivity index (χ0) is 22.9. The molecular formula is C23H30O8. The van der Waals surface area contributed by atoms with Crippen LogP contribution in [0.2, 0.25) is 0 Å². The Morgan fingerprint density at radius 3 is 2.39 bits per heavy atom. The number of ether oxygens (including phenoxy) is 4. The average molecular weight is 434 g/mol. The topological polar surface area (TPSA) is 112 Å². The van der Waals surface area contributed by atoms with Crippen molar-refractivity contribution in [3.63, 3.8) is 0 Å². The highest BCUT2D eigenvalue weighted by Crippen LogP contribution is 2.66. The van der Waals surface area contributed by atoms with Crippen LogP contribution in [0.15, 0.2) is 35.5 Å². The lowest BCUT2D eigenvalue weighted by Gasteiger charge is -2.56. The monoisotopic (exact) mass is 434 g/mol. The van der Waals surface area contributed by atoms with Crippen molar-refractivity contribution in [1.82, 2.24) is 0 Å². The first kappa shape index (κ1) is 22.2. The zero-order valence-corrected chi connectivity index (χ0v) is 18.5. The third kappa shape index (κ3) is 2.81. The Bertz CT molecular complexity index is 901. The second-order valence-electron chi connectivity index (χ2n) is 9.39. The summed E-state index contributed by atoms with van der Waals surface area (Å²) in [5, 5.41) is 22.3. The first-order valence-electron chi connectivity index (χ1n) is 10.4. The molecule has 2 heterocycles. The molecule has 1 saturated carbocycles. The quantitative estimate of drug-likeness (QED) is 0.503. The summed E-state index contributed by atoms with van der Waals surface area (Å²) in [5.74, 6) is -4.62. The van der Waals surface area contributed by atoms with Gasteiger partial charge >= 0.3 is 11.9 Å². The largest absolute Gasteiger partial charge is 0.466 e. The van der Waals surface area contributed by atoms with Gasteiger partial charge in [0, 0.05) is 43.3 Å². The van der Waals surface area contributed by atoms with Crippen LogP contribution in [0.1, 0.15) is 26.7 Å². The highest BCUT2D eigenvalue weighted by atomic mass is 16.7. The van der Waals surface area contributed by atoms with E-state index in [9.17, 15) is 19.8 Å². The highest BCUT2D eigenvalue weighted by molar-refractivity contribution is 5.92. The normalized spacial score (nSPS) is 45.2. The molecule has 0 radical (unpaired) electrons. The third-order valence-electron chi connectivity index (χ3n) is 7.62. The maximum absolute atomic E-state index is 12.7. The minimum atomic E-state index is -1.38. The van der Waals surface area contributed by atoms with Crippen molar-refractivity contribution in [2.75, 3.05) is 21.3 Å². The number of hydrogen-bond acceptors (Lipinski definition) is 8. The van der Waals surface area contributed by atoms with Crippen LogP contribution >= 0.6 is 0 Å². The molecule has 2 fully saturated rings. The first-order valence-corrected chi connectivity index (χ1v) is 10.4. The zero-order valence-electron chi connectivity index (χ0n) is 18.5. The molecule has 170 valence electrons. The van der Waals surface area contributed by atoms with Crippen molar-refractivity contribution in [2.24, 2.45) is 23.7 Å². The molecule has 2 N–H and O–H groups in total. The second-order valence-corrected chi connectivity index (χ2v) is 9.39. The number of aliphatic hydroxyl groups is 2. The van der Waals surface area contributed by atoms with E-state index in [1.165, 1.54) is 21.3 Å². The van der Waals surface area contributed by atoms with E-state index < -0.39 is 52.8 Å². The molecule has 4 aliphatic rings. The lowest BCUT2D eigenvalue weighted by atomic mass is 9.57. The van der Waals surface area contributed by atoms with Gasteiger partial charge in [-0.1, -0.05) is 18.2 Å². The predicted octanol–water partition coefficient (Wildman–Crippen LogP) is 1.27. The van der Waals surface area contributed by atoms with Gasteiger partial charge < -0.3 is 29.2 Å². The Labute approximate surface area is 181 Å². The van der Waals surface area contributed by atoms with Crippen LogP contribution in [0.4, 0.5) is 0 Å². The van der Waals surface area contributed by atoms with Gasteiger partial charge in [-0.25, -0.2) is 9.59 Å². The van der Waals surface area contributed by atoms with Crippen LogP contribution in [0.25, 0.3) is 0 Å². The summed E-state index contributed by atoms with van der Waals surface area (Å²) in [6.07, 6.45) is 2.81. The standard InChI is InChI=1S/C23H30O8/c1-11(2)13-8-23(30-6)15(20(26)29-5)9-22(31-23)14(13)7-12(19(25)28-4)17-16(24)10-21(3,27)18(17)22/h7,9,13-14,16-18,24,27H,1,8,10H2,2-6H3. The summed E-state index contributed by atoms with van der Waals surface area (Å²) in [4.78, 5) is 25.4. The van der Waals surface area contributed by atoms with Gasteiger partial charge in [0.25, 0.3) is 0 Å². The van der Waals surface area contributed by atoms with Crippen LogP contribution in [-0.2, 0) is 28.5 Å². The van der Waals surface area contributed by atoms with E-state index in [-0.39, 0.29) is 17.9 Å². The highest BCUT2D eigenvalue weighted by Gasteiger charge is 2.73. The molecule has 0 amide bonds. The number of methoxy groups -OCH3 is 3. The van der Waals surface area contributed by atoms with E-state index in [0.29, 0.717) is 12.0 Å². The van der Waals surface area contributed by atoms with Crippen LogP contribution < -0.4 is 0 Å². The number of allylic oxidation sites excluding steroid dienone is 1. The Balaban J connectivity index is 2.02. The SMILES string of the molecule is C=C(C)C1CC2(OC)OC3(C=C2C(=O)OC)C1C=C(C(=O)OC)C1C(O)CC(C)(O)C13. The molecule has 0 aromatic heterocycles. The van der Waals surface area contributed by atoms with Gasteiger partial charge in [0.2, 0.25) is 5.79 Å². The van der Waals surface area contributed by atoms with E-state index in [1.807, 2.05) is 6.92 Å². The minimum Gasteiger partial charge on any atom is -0.466 e. The van der Waals surface area contributed by atoms with Crippen LogP contribution in [-0.4, -0.2) is 66.6 Å². The van der Waals surface area contributed by atoms with E-state index in [4.69, 9.17) is 18.9 Å². The predicted molar refractivity (Wildman–Crippen MR) is 108 cm³/mol. The maximum Gasteiger partial charge on any atom is 0.339 e. The molecule has 4 rings (SSSR count). The van der Waals surface area contributed by atoms with Gasteiger partial charge in [0.1, 0.15) is 5.60 Å². The van der Waals surface area contributed by atoms with Crippen LogP contribution in [0, 0.1) is 23.7 Å². The molecule has 2 bridgehead atoms. The molecule has 8 unspecified atom stereocenters. The molecule has 1 saturated heterocycles. The third-order valence-corrected chi connectivity index (χ3v) is 7.62. The number of rotatable bonds is 4. The first-order chi connectivity index (χ1) is 14.5. The Morgan fingerprint density at radius 2 is 1.84 bits per heavy atom. The summed E-state index contributed by atoms with van der Waals surface area (Å²) in [6.45, 7) is 7.64. The van der Waals surface area contributed by atoms with Crippen molar-refractivity contribution in [3.05, 3.63) is 35.5 Å². The van der Waals surface area contributed by atoms with Gasteiger partial charge in [-0.3, -0.25) is 0 Å². The van der Waals surface area contributed by atoms with Gasteiger partial charge in [-0.15, -0.1) is 0 Å². The lowest BCUT2D eigenvalue weighted by molar-refractivity contribution is -0.300. The fraction of sp³-hybridized carbons (Fsp3) is 0.652. The number of aliphatic hydroxyl groups excluding tert-OH is 1. The summed E-state index contributed by atoms with van der Waals surface area (Å²) < 4.78 is 22.4. The number of hydrogen-bond donors (Lipinski definition) is 2. The Kier molecular flexibility index (Phi) is 5.01. The molecule has 2 aliphatic carbocycles.